The lowest BCUT2D eigenvalue weighted by molar-refractivity contribution is 0.583. The summed E-state index contributed by atoms with van der Waals surface area (Å²) in [5, 5.41) is 0. The molecule has 2 aromatic rings. The zero-order valence-corrected chi connectivity index (χ0v) is 14.5. The van der Waals surface area contributed by atoms with Crippen molar-refractivity contribution in [2.75, 3.05) is 4.72 Å². The molecule has 0 spiro atoms. The molecular formula is C15H19N3O4S. The Hall–Kier alpha value is -2.35. The maximum Gasteiger partial charge on any atom is 0.330 e. The van der Waals surface area contributed by atoms with Gasteiger partial charge < -0.3 is 0 Å². The van der Waals surface area contributed by atoms with Crippen molar-refractivity contribution in [3.05, 3.63) is 55.9 Å². The number of hydrogen-bond acceptors (Lipinski definition) is 4. The first-order chi connectivity index (χ1) is 10.5. The number of benzene rings is 1. The lowest BCUT2D eigenvalue weighted by atomic mass is 10.1. The van der Waals surface area contributed by atoms with Crippen LogP contribution in [0.3, 0.4) is 0 Å². The fraction of sp³-hybridized carbons (Fsp3) is 0.333. The van der Waals surface area contributed by atoms with E-state index in [1.54, 1.807) is 12.1 Å². The topological polar surface area (TPSA) is 90.2 Å². The molecule has 1 aromatic heterocycles. The van der Waals surface area contributed by atoms with Gasteiger partial charge >= 0.3 is 5.69 Å². The monoisotopic (exact) mass is 337 g/mol. The van der Waals surface area contributed by atoms with E-state index in [0.29, 0.717) is 5.69 Å². The molecule has 0 bridgehead atoms. The summed E-state index contributed by atoms with van der Waals surface area (Å²) in [5.74, 6) is 0. The highest BCUT2D eigenvalue weighted by Crippen LogP contribution is 2.18. The van der Waals surface area contributed by atoms with Crippen LogP contribution < -0.4 is 16.0 Å². The van der Waals surface area contributed by atoms with Crippen molar-refractivity contribution < 1.29 is 8.42 Å². The maximum atomic E-state index is 12.6. The van der Waals surface area contributed by atoms with Crippen LogP contribution in [0.25, 0.3) is 0 Å². The fourth-order valence-electron chi connectivity index (χ4n) is 2.46. The molecule has 0 saturated carbocycles. The van der Waals surface area contributed by atoms with Crippen molar-refractivity contribution in [1.29, 1.82) is 0 Å². The number of aromatic nitrogens is 2. The van der Waals surface area contributed by atoms with E-state index in [2.05, 4.69) is 4.72 Å². The molecular weight excluding hydrogens is 318 g/mol. The van der Waals surface area contributed by atoms with Crippen LogP contribution in [0.1, 0.15) is 16.8 Å². The summed E-state index contributed by atoms with van der Waals surface area (Å²) in [5.41, 5.74) is 0.841. The lowest BCUT2D eigenvalue weighted by Gasteiger charge is -2.14. The highest BCUT2D eigenvalue weighted by Gasteiger charge is 2.25. The van der Waals surface area contributed by atoms with Gasteiger partial charge in [-0.2, -0.15) is 0 Å². The summed E-state index contributed by atoms with van der Waals surface area (Å²) in [7, 11) is -1.44. The second kappa shape index (κ2) is 5.69. The van der Waals surface area contributed by atoms with E-state index in [9.17, 15) is 18.0 Å². The molecule has 0 unspecified atom stereocenters. The average Bonchev–Trinajstić information content (AvgIpc) is 2.41. The predicted octanol–water partition coefficient (Wildman–Crippen LogP) is 0.810. The van der Waals surface area contributed by atoms with Crippen molar-refractivity contribution in [2.24, 2.45) is 14.1 Å². The summed E-state index contributed by atoms with van der Waals surface area (Å²) in [6, 6.07) is 5.26. The van der Waals surface area contributed by atoms with Crippen LogP contribution in [0.15, 0.2) is 32.7 Å². The van der Waals surface area contributed by atoms with Gasteiger partial charge in [0.1, 0.15) is 0 Å². The van der Waals surface area contributed by atoms with Crippen LogP contribution in [0.2, 0.25) is 0 Å². The second-order valence-corrected chi connectivity index (χ2v) is 7.22. The SMILES string of the molecule is Cc1cc(C)cc(NS(=O)(=O)c2c(C)n(C)c(=O)n(C)c2=O)c1. The fourth-order valence-corrected chi connectivity index (χ4v) is 3.89. The lowest BCUT2D eigenvalue weighted by Crippen LogP contribution is -2.42. The summed E-state index contributed by atoms with van der Waals surface area (Å²) >= 11 is 0. The molecule has 0 radical (unpaired) electrons. The number of aryl methyl sites for hydroxylation is 2. The Morgan fingerprint density at radius 2 is 1.43 bits per heavy atom. The number of hydrogen-bond donors (Lipinski definition) is 1. The Balaban J connectivity index is 2.66. The first-order valence-electron chi connectivity index (χ1n) is 6.92. The Kier molecular flexibility index (Phi) is 4.21. The first kappa shape index (κ1) is 17.0. The maximum absolute atomic E-state index is 12.6. The third kappa shape index (κ3) is 3.07. The molecule has 0 amide bonds. The molecule has 0 fully saturated rings. The van der Waals surface area contributed by atoms with Gasteiger partial charge in [0.05, 0.1) is 0 Å². The highest BCUT2D eigenvalue weighted by molar-refractivity contribution is 7.92. The van der Waals surface area contributed by atoms with Crippen LogP contribution >= 0.6 is 0 Å². The van der Waals surface area contributed by atoms with Gasteiger partial charge in [0.15, 0.2) is 4.90 Å². The number of nitrogens with one attached hydrogen (secondary N) is 1. The minimum atomic E-state index is -4.11. The zero-order chi connectivity index (χ0) is 17.5. The molecule has 8 heteroatoms. The molecule has 124 valence electrons. The Morgan fingerprint density at radius 3 is 1.96 bits per heavy atom. The van der Waals surface area contributed by atoms with E-state index in [0.717, 1.165) is 20.3 Å². The van der Waals surface area contributed by atoms with Crippen molar-refractivity contribution in [3.8, 4) is 0 Å². The Bertz CT molecular complexity index is 980. The molecule has 0 aliphatic rings. The number of nitrogens with zero attached hydrogens (tertiary/aromatic N) is 2. The quantitative estimate of drug-likeness (QED) is 0.897. The normalized spacial score (nSPS) is 11.5. The highest BCUT2D eigenvalue weighted by atomic mass is 32.2. The third-order valence-electron chi connectivity index (χ3n) is 3.65. The van der Waals surface area contributed by atoms with Gasteiger partial charge in [0, 0.05) is 25.5 Å². The van der Waals surface area contributed by atoms with Crippen LogP contribution in [0.5, 0.6) is 0 Å². The van der Waals surface area contributed by atoms with Gasteiger partial charge in [-0.25, -0.2) is 13.2 Å². The Morgan fingerprint density at radius 1 is 0.913 bits per heavy atom. The minimum Gasteiger partial charge on any atom is -0.300 e. The molecule has 7 nitrogen and oxygen atoms in total. The van der Waals surface area contributed by atoms with E-state index in [1.807, 2.05) is 19.9 Å². The smallest absolute Gasteiger partial charge is 0.300 e. The summed E-state index contributed by atoms with van der Waals surface area (Å²) in [6.45, 7) is 5.13. The van der Waals surface area contributed by atoms with Crippen LogP contribution in [-0.2, 0) is 24.1 Å². The first-order valence-corrected chi connectivity index (χ1v) is 8.40. The van der Waals surface area contributed by atoms with Crippen molar-refractivity contribution in [2.45, 2.75) is 25.7 Å². The average molecular weight is 337 g/mol. The van der Waals surface area contributed by atoms with Crippen molar-refractivity contribution >= 4 is 15.7 Å². The number of sulfonamides is 1. The predicted molar refractivity (Wildman–Crippen MR) is 88.4 cm³/mol. The number of anilines is 1. The van der Waals surface area contributed by atoms with Crippen LogP contribution in [-0.4, -0.2) is 17.6 Å². The zero-order valence-electron chi connectivity index (χ0n) is 13.7. The van der Waals surface area contributed by atoms with Crippen molar-refractivity contribution in [1.82, 2.24) is 9.13 Å². The standard InChI is InChI=1S/C15H19N3O4S/c1-9-6-10(2)8-12(7-9)16-23(21,22)13-11(3)17(4)15(20)18(5)14(13)19/h6-8,16H,1-5H3. The molecule has 0 aliphatic heterocycles. The van der Waals surface area contributed by atoms with Gasteiger partial charge in [0.25, 0.3) is 15.6 Å². The third-order valence-corrected chi connectivity index (χ3v) is 5.16. The Labute approximate surface area is 134 Å². The molecule has 1 N–H and O–H groups in total. The van der Waals surface area contributed by atoms with E-state index in [4.69, 9.17) is 0 Å². The van der Waals surface area contributed by atoms with Crippen LogP contribution in [0, 0.1) is 20.8 Å². The summed E-state index contributed by atoms with van der Waals surface area (Å²) < 4.78 is 29.6. The minimum absolute atomic E-state index is 0.0926. The van der Waals surface area contributed by atoms with Crippen molar-refractivity contribution in [3.63, 3.8) is 0 Å². The van der Waals surface area contributed by atoms with Gasteiger partial charge in [-0.05, 0) is 44.0 Å². The van der Waals surface area contributed by atoms with Gasteiger partial charge in [-0.3, -0.25) is 18.7 Å². The molecule has 1 heterocycles. The molecule has 0 saturated heterocycles. The number of rotatable bonds is 3. The molecule has 0 aliphatic carbocycles. The molecule has 23 heavy (non-hydrogen) atoms. The molecule has 1 aromatic carbocycles. The van der Waals surface area contributed by atoms with E-state index < -0.39 is 26.2 Å². The summed E-state index contributed by atoms with van der Waals surface area (Å²) in [6.07, 6.45) is 0. The van der Waals surface area contributed by atoms with Gasteiger partial charge in [0.2, 0.25) is 0 Å². The largest absolute Gasteiger partial charge is 0.330 e. The van der Waals surface area contributed by atoms with E-state index in [1.165, 1.54) is 21.0 Å². The molecule has 0 atom stereocenters. The van der Waals surface area contributed by atoms with Crippen LogP contribution in [0.4, 0.5) is 5.69 Å². The summed E-state index contributed by atoms with van der Waals surface area (Å²) in [4.78, 5) is 23.7. The van der Waals surface area contributed by atoms with Gasteiger partial charge in [-0.15, -0.1) is 0 Å². The second-order valence-electron chi connectivity index (χ2n) is 5.60. The van der Waals surface area contributed by atoms with E-state index >= 15 is 0 Å². The van der Waals surface area contributed by atoms with E-state index in [-0.39, 0.29) is 5.69 Å². The van der Waals surface area contributed by atoms with Gasteiger partial charge in [-0.1, -0.05) is 6.07 Å². The molecule has 2 rings (SSSR count).